The summed E-state index contributed by atoms with van der Waals surface area (Å²) < 4.78 is 0. The molecule has 2 aromatic heterocycles. The van der Waals surface area contributed by atoms with Crippen molar-refractivity contribution in [3.63, 3.8) is 0 Å². The molecule has 3 nitrogen and oxygen atoms in total. The van der Waals surface area contributed by atoms with Crippen LogP contribution >= 0.6 is 0 Å². The Morgan fingerprint density at radius 3 is 2.41 bits per heavy atom. The Morgan fingerprint density at radius 2 is 1.71 bits per heavy atom. The summed E-state index contributed by atoms with van der Waals surface area (Å²) in [4.78, 5) is 12.0. The van der Waals surface area contributed by atoms with Gasteiger partial charge in [-0.25, -0.2) is 4.98 Å². The third-order valence-corrected chi connectivity index (χ3v) is 2.30. The number of hydrogen-bond donors (Lipinski definition) is 1. The number of rotatable bonds is 1. The molecule has 0 spiro atoms. The van der Waals surface area contributed by atoms with Crippen molar-refractivity contribution in [1.29, 1.82) is 0 Å². The van der Waals surface area contributed by atoms with Crippen LogP contribution in [0.15, 0.2) is 48.7 Å². The van der Waals surface area contributed by atoms with Gasteiger partial charge in [0.15, 0.2) is 5.82 Å². The van der Waals surface area contributed by atoms with Gasteiger partial charge in [-0.2, -0.15) is 0 Å². The summed E-state index contributed by atoms with van der Waals surface area (Å²) in [7, 11) is 0. The first-order valence-electron chi connectivity index (χ1n) is 4.80. The summed E-state index contributed by atoms with van der Waals surface area (Å²) in [6.45, 7) is 0. The first-order chi connectivity index (χ1) is 7.43. The molecule has 1 aromatic carbocycles. The first kappa shape index (κ1) is 13.6. The molecular weight excluding hydrogens is 390 g/mol. The zero-order valence-electron chi connectivity index (χ0n) is 9.35. The summed E-state index contributed by atoms with van der Waals surface area (Å²) in [5, 5.41) is 0. The summed E-state index contributed by atoms with van der Waals surface area (Å²) in [5.41, 5.74) is 2.88. The van der Waals surface area contributed by atoms with Crippen LogP contribution in [0.25, 0.3) is 22.6 Å². The molecule has 0 saturated carbocycles. The Morgan fingerprint density at radius 1 is 0.941 bits per heavy atom. The van der Waals surface area contributed by atoms with Crippen LogP contribution in [0, 0.1) is 7.43 Å². The third kappa shape index (κ3) is 2.60. The number of para-hydroxylation sites is 2. The van der Waals surface area contributed by atoms with Crippen LogP contribution in [-0.4, -0.2) is 15.0 Å². The van der Waals surface area contributed by atoms with Crippen molar-refractivity contribution >= 4 is 11.0 Å². The molecule has 0 saturated heterocycles. The fraction of sp³-hybridized carbons (Fsp3) is 0. The molecular formula is C13H12IrN3-. The molecule has 0 aliphatic carbocycles. The number of hydrogen-bond acceptors (Lipinski definition) is 2. The van der Waals surface area contributed by atoms with E-state index in [9.17, 15) is 0 Å². The van der Waals surface area contributed by atoms with E-state index in [2.05, 4.69) is 15.0 Å². The van der Waals surface area contributed by atoms with Crippen LogP contribution in [0.2, 0.25) is 0 Å². The van der Waals surface area contributed by atoms with E-state index >= 15 is 0 Å². The normalized spacial score (nSPS) is 9.41. The summed E-state index contributed by atoms with van der Waals surface area (Å²) in [5.74, 6) is 0.816. The maximum Gasteiger partial charge on any atom is 0.157 e. The van der Waals surface area contributed by atoms with Crippen molar-refractivity contribution in [2.24, 2.45) is 0 Å². The molecule has 0 atom stereocenters. The molecule has 2 heterocycles. The molecule has 0 aliphatic rings. The number of aromatic amines is 1. The number of benzene rings is 1. The molecule has 17 heavy (non-hydrogen) atoms. The van der Waals surface area contributed by atoms with Gasteiger partial charge in [-0.05, 0) is 24.3 Å². The van der Waals surface area contributed by atoms with E-state index < -0.39 is 0 Å². The molecule has 0 aliphatic heterocycles. The van der Waals surface area contributed by atoms with E-state index in [1.807, 2.05) is 42.5 Å². The predicted octanol–water partition coefficient (Wildman–Crippen LogP) is 3.07. The minimum atomic E-state index is 0. The van der Waals surface area contributed by atoms with Crippen LogP contribution in [0.1, 0.15) is 0 Å². The summed E-state index contributed by atoms with van der Waals surface area (Å²) in [6.07, 6.45) is 1.77. The monoisotopic (exact) mass is 403 g/mol. The van der Waals surface area contributed by atoms with E-state index in [0.717, 1.165) is 22.6 Å². The Balaban J connectivity index is 0.000000722. The SMILES string of the molecule is [CH3-].[Ir].c1ccc(-c2nc3ccccc3[nH]2)nc1. The number of H-pyrrole nitrogens is 1. The fourth-order valence-corrected chi connectivity index (χ4v) is 1.58. The van der Waals surface area contributed by atoms with E-state index in [1.54, 1.807) is 6.20 Å². The molecule has 0 amide bonds. The number of imidazole rings is 1. The molecule has 3 rings (SSSR count). The topological polar surface area (TPSA) is 41.6 Å². The van der Waals surface area contributed by atoms with Gasteiger partial charge in [-0.3, -0.25) is 4.98 Å². The average Bonchev–Trinajstić information content (AvgIpc) is 2.74. The molecule has 0 unspecified atom stereocenters. The first-order valence-corrected chi connectivity index (χ1v) is 4.80. The summed E-state index contributed by atoms with van der Waals surface area (Å²) in [6, 6.07) is 13.8. The van der Waals surface area contributed by atoms with Gasteiger partial charge in [0.2, 0.25) is 0 Å². The van der Waals surface area contributed by atoms with Gasteiger partial charge >= 0.3 is 0 Å². The maximum absolute atomic E-state index is 4.46. The quantitative estimate of drug-likeness (QED) is 0.636. The molecule has 3 aromatic rings. The predicted molar refractivity (Wildman–Crippen MR) is 65.7 cm³/mol. The number of nitrogens with zero attached hydrogens (tertiary/aromatic N) is 2. The zero-order valence-corrected chi connectivity index (χ0v) is 11.7. The number of fused-ring (bicyclic) bond motifs is 1. The third-order valence-electron chi connectivity index (χ3n) is 2.30. The van der Waals surface area contributed by atoms with Crippen molar-refractivity contribution in [2.45, 2.75) is 0 Å². The van der Waals surface area contributed by atoms with Crippen LogP contribution < -0.4 is 0 Å². The van der Waals surface area contributed by atoms with Crippen molar-refractivity contribution in [3.8, 4) is 11.5 Å². The van der Waals surface area contributed by atoms with Crippen LogP contribution in [0.5, 0.6) is 0 Å². The second kappa shape index (κ2) is 5.71. The van der Waals surface area contributed by atoms with Gasteiger partial charge in [-0.1, -0.05) is 18.2 Å². The molecule has 4 heteroatoms. The van der Waals surface area contributed by atoms with Crippen LogP contribution in [-0.2, 0) is 20.1 Å². The summed E-state index contributed by atoms with van der Waals surface area (Å²) >= 11 is 0. The average molecular weight is 402 g/mol. The Hall–Kier alpha value is -1.51. The van der Waals surface area contributed by atoms with E-state index in [-0.39, 0.29) is 27.5 Å². The van der Waals surface area contributed by atoms with Crippen molar-refractivity contribution in [3.05, 3.63) is 56.1 Å². The molecule has 1 radical (unpaired) electrons. The molecule has 0 fully saturated rings. The van der Waals surface area contributed by atoms with Crippen LogP contribution in [0.4, 0.5) is 0 Å². The maximum atomic E-state index is 4.46. The zero-order chi connectivity index (χ0) is 10.1. The second-order valence-electron chi connectivity index (χ2n) is 3.32. The molecule has 89 valence electrons. The Kier molecular flexibility index (Phi) is 4.55. The number of pyridine rings is 1. The van der Waals surface area contributed by atoms with Gasteiger partial charge in [-0.15, -0.1) is 0 Å². The fourth-order valence-electron chi connectivity index (χ4n) is 1.58. The minimum Gasteiger partial charge on any atom is -0.358 e. The van der Waals surface area contributed by atoms with E-state index in [1.165, 1.54) is 0 Å². The minimum absolute atomic E-state index is 0. The second-order valence-corrected chi connectivity index (χ2v) is 3.32. The van der Waals surface area contributed by atoms with Crippen molar-refractivity contribution in [1.82, 2.24) is 15.0 Å². The van der Waals surface area contributed by atoms with Gasteiger partial charge in [0.25, 0.3) is 0 Å². The smallest absolute Gasteiger partial charge is 0.157 e. The van der Waals surface area contributed by atoms with E-state index in [0.29, 0.717) is 0 Å². The van der Waals surface area contributed by atoms with Gasteiger partial charge < -0.3 is 12.4 Å². The van der Waals surface area contributed by atoms with Crippen molar-refractivity contribution in [2.75, 3.05) is 0 Å². The van der Waals surface area contributed by atoms with E-state index in [4.69, 9.17) is 0 Å². The Bertz CT molecular complexity index is 557. The molecule has 1 N–H and O–H groups in total. The standard InChI is InChI=1S/C12H9N3.CH3.Ir/c1-2-6-10-9(5-1)14-12(15-10)11-7-3-4-8-13-11;;/h1-8H,(H,14,15);1H3;/q;-1;. The Labute approximate surface area is 114 Å². The van der Waals surface area contributed by atoms with Gasteiger partial charge in [0.1, 0.15) is 5.69 Å². The molecule has 0 bridgehead atoms. The van der Waals surface area contributed by atoms with Gasteiger partial charge in [0, 0.05) is 26.3 Å². The number of nitrogens with one attached hydrogen (secondary N) is 1. The van der Waals surface area contributed by atoms with Gasteiger partial charge in [0.05, 0.1) is 11.0 Å². The largest absolute Gasteiger partial charge is 0.358 e. The van der Waals surface area contributed by atoms with Crippen molar-refractivity contribution < 1.29 is 20.1 Å². The van der Waals surface area contributed by atoms with Crippen LogP contribution in [0.3, 0.4) is 0 Å². The number of aromatic nitrogens is 3.